The lowest BCUT2D eigenvalue weighted by atomic mass is 10.1. The Kier molecular flexibility index (Phi) is 5.07. The number of aromatic nitrogens is 2. The Morgan fingerprint density at radius 3 is 2.43 bits per heavy atom. The van der Waals surface area contributed by atoms with Gasteiger partial charge in [0.2, 0.25) is 0 Å². The molecule has 0 radical (unpaired) electrons. The van der Waals surface area contributed by atoms with Crippen LogP contribution in [0.25, 0.3) is 5.57 Å². The lowest BCUT2D eigenvalue weighted by Gasteiger charge is -2.11. The summed E-state index contributed by atoms with van der Waals surface area (Å²) in [5.41, 5.74) is 4.51. The Bertz CT molecular complexity index is 822. The van der Waals surface area contributed by atoms with Gasteiger partial charge in [0, 0.05) is 11.6 Å². The zero-order valence-corrected chi connectivity index (χ0v) is 14.9. The van der Waals surface area contributed by atoms with Crippen LogP contribution in [-0.2, 0) is 6.54 Å². The normalized spacial score (nSPS) is 26.1. The van der Waals surface area contributed by atoms with Crippen molar-refractivity contribution in [3.63, 3.8) is 0 Å². The smallest absolute Gasteiger partial charge is 0.383 e. The van der Waals surface area contributed by atoms with Crippen LogP contribution in [0.3, 0.4) is 0 Å². The predicted molar refractivity (Wildman–Crippen MR) is 91.3 cm³/mol. The fourth-order valence-corrected chi connectivity index (χ4v) is 3.72. The molecule has 0 bridgehead atoms. The molecular formula is C17H19F6N5. The number of rotatable bonds is 5. The van der Waals surface area contributed by atoms with Gasteiger partial charge in [-0.15, -0.1) is 0 Å². The molecule has 0 aromatic carbocycles. The molecule has 0 unspecified atom stereocenters. The van der Waals surface area contributed by atoms with E-state index in [1.165, 1.54) is 13.0 Å². The van der Waals surface area contributed by atoms with Crippen LogP contribution in [0, 0.1) is 11.8 Å². The number of nitrogens with one attached hydrogen (secondary N) is 1. The van der Waals surface area contributed by atoms with Crippen molar-refractivity contribution in [3.8, 4) is 0 Å². The van der Waals surface area contributed by atoms with Gasteiger partial charge >= 0.3 is 12.4 Å². The molecule has 0 amide bonds. The van der Waals surface area contributed by atoms with E-state index in [-0.39, 0.29) is 29.0 Å². The summed E-state index contributed by atoms with van der Waals surface area (Å²) >= 11 is 0. The molecule has 154 valence electrons. The van der Waals surface area contributed by atoms with Crippen molar-refractivity contribution in [1.82, 2.24) is 15.1 Å². The molecule has 28 heavy (non-hydrogen) atoms. The molecule has 1 saturated carbocycles. The van der Waals surface area contributed by atoms with Crippen molar-refractivity contribution >= 4 is 12.3 Å². The maximum absolute atomic E-state index is 13.2. The van der Waals surface area contributed by atoms with E-state index in [2.05, 4.69) is 22.1 Å². The third-order valence-electron chi connectivity index (χ3n) is 5.09. The molecule has 5 nitrogen and oxygen atoms in total. The number of nitrogens with zero attached hydrogens (tertiary/aromatic N) is 3. The molecule has 2 aliphatic rings. The van der Waals surface area contributed by atoms with Crippen LogP contribution in [-0.4, -0.2) is 41.9 Å². The van der Waals surface area contributed by atoms with Gasteiger partial charge in [-0.2, -0.15) is 31.4 Å². The minimum atomic E-state index is -4.79. The summed E-state index contributed by atoms with van der Waals surface area (Å²) in [6.07, 6.45) is -8.56. The summed E-state index contributed by atoms with van der Waals surface area (Å²) in [6.45, 7) is 4.44. The third-order valence-corrected chi connectivity index (χ3v) is 5.09. The second kappa shape index (κ2) is 6.94. The Morgan fingerprint density at radius 2 is 1.93 bits per heavy atom. The van der Waals surface area contributed by atoms with Gasteiger partial charge in [-0.1, -0.05) is 0 Å². The Hall–Kier alpha value is -2.30. The molecule has 3 rings (SSSR count). The molecule has 2 fully saturated rings. The van der Waals surface area contributed by atoms with Crippen molar-refractivity contribution in [3.05, 3.63) is 34.9 Å². The van der Waals surface area contributed by atoms with E-state index in [9.17, 15) is 26.3 Å². The summed E-state index contributed by atoms with van der Waals surface area (Å²) in [5.74, 6) is -0.432. The standard InChI is InChI=1S/C17H19F6N5/c1-8(3-11(15(24)25-2)17(21,22)23)12-4-13(14-9-5-26-6-10(9)14)28(27-12)7-16(18,19)20/h3-4,9-10,14,26H,2,5-7,24H2,1H3/b8-3+,15-11+/t9-,10+,14+. The van der Waals surface area contributed by atoms with Crippen LogP contribution in [0.2, 0.25) is 0 Å². The maximum Gasteiger partial charge on any atom is 0.419 e. The molecular weight excluding hydrogens is 388 g/mol. The Labute approximate surface area is 157 Å². The molecule has 1 aliphatic carbocycles. The summed E-state index contributed by atoms with van der Waals surface area (Å²) in [5, 5.41) is 7.09. The highest BCUT2D eigenvalue weighted by atomic mass is 19.4. The summed E-state index contributed by atoms with van der Waals surface area (Å²) in [7, 11) is 0. The maximum atomic E-state index is 13.2. The number of allylic oxidation sites excluding steroid dienone is 3. The van der Waals surface area contributed by atoms with Gasteiger partial charge in [-0.3, -0.25) is 4.68 Å². The van der Waals surface area contributed by atoms with Crippen molar-refractivity contribution in [2.75, 3.05) is 13.1 Å². The minimum Gasteiger partial charge on any atom is -0.383 e. The van der Waals surface area contributed by atoms with Crippen molar-refractivity contribution in [2.45, 2.75) is 31.7 Å². The van der Waals surface area contributed by atoms with E-state index in [4.69, 9.17) is 5.73 Å². The Balaban J connectivity index is 1.98. The fourth-order valence-electron chi connectivity index (χ4n) is 3.72. The number of halogens is 6. The van der Waals surface area contributed by atoms with Crippen LogP contribution in [0.5, 0.6) is 0 Å². The summed E-state index contributed by atoms with van der Waals surface area (Å²) < 4.78 is 79.2. The molecule has 1 aromatic rings. The van der Waals surface area contributed by atoms with Gasteiger partial charge in [-0.05, 0) is 56.3 Å². The number of piperidine rings is 1. The highest BCUT2D eigenvalue weighted by Crippen LogP contribution is 2.56. The van der Waals surface area contributed by atoms with Gasteiger partial charge in [0.15, 0.2) is 0 Å². The van der Waals surface area contributed by atoms with E-state index in [0.29, 0.717) is 18.8 Å². The predicted octanol–water partition coefficient (Wildman–Crippen LogP) is 3.21. The van der Waals surface area contributed by atoms with Gasteiger partial charge in [-0.25, -0.2) is 4.99 Å². The molecule has 11 heteroatoms. The molecule has 2 heterocycles. The molecule has 1 saturated heterocycles. The zero-order chi connectivity index (χ0) is 20.9. The summed E-state index contributed by atoms with van der Waals surface area (Å²) in [6, 6.07) is 1.44. The second-order valence-electron chi connectivity index (χ2n) is 7.02. The van der Waals surface area contributed by atoms with Crippen LogP contribution < -0.4 is 11.1 Å². The molecule has 1 aromatic heterocycles. The van der Waals surface area contributed by atoms with Crippen molar-refractivity contribution < 1.29 is 26.3 Å². The zero-order valence-electron chi connectivity index (χ0n) is 14.9. The van der Waals surface area contributed by atoms with Gasteiger partial charge in [0.25, 0.3) is 0 Å². The lowest BCUT2D eigenvalue weighted by Crippen LogP contribution is -2.22. The molecule has 3 atom stereocenters. The highest BCUT2D eigenvalue weighted by Gasteiger charge is 2.55. The van der Waals surface area contributed by atoms with Gasteiger partial charge < -0.3 is 11.1 Å². The number of nitrogens with two attached hydrogens (primary N) is 1. The van der Waals surface area contributed by atoms with Crippen LogP contribution in [0.1, 0.15) is 24.2 Å². The largest absolute Gasteiger partial charge is 0.419 e. The number of hydrogen-bond donors (Lipinski definition) is 2. The number of hydrogen-bond acceptors (Lipinski definition) is 4. The highest BCUT2D eigenvalue weighted by molar-refractivity contribution is 5.65. The first-order chi connectivity index (χ1) is 12.9. The number of fused-ring (bicyclic) bond motifs is 1. The van der Waals surface area contributed by atoms with E-state index in [1.807, 2.05) is 0 Å². The van der Waals surface area contributed by atoms with Crippen LogP contribution >= 0.6 is 0 Å². The van der Waals surface area contributed by atoms with Crippen LogP contribution in [0.15, 0.2) is 28.5 Å². The molecule has 3 N–H and O–H groups in total. The lowest BCUT2D eigenvalue weighted by molar-refractivity contribution is -0.143. The quantitative estimate of drug-likeness (QED) is 0.448. The van der Waals surface area contributed by atoms with Gasteiger partial charge in [0.05, 0.1) is 11.3 Å². The van der Waals surface area contributed by atoms with Crippen molar-refractivity contribution in [2.24, 2.45) is 22.6 Å². The van der Waals surface area contributed by atoms with E-state index >= 15 is 0 Å². The molecule has 0 spiro atoms. The first-order valence-electron chi connectivity index (χ1n) is 8.50. The average Bonchev–Trinajstić information content (AvgIpc) is 2.93. The molecule has 1 aliphatic heterocycles. The third kappa shape index (κ3) is 4.08. The van der Waals surface area contributed by atoms with E-state index in [0.717, 1.165) is 10.8 Å². The number of aliphatic imine (C=N–C) groups is 1. The minimum absolute atomic E-state index is 0.0324. The number of alkyl halides is 6. The monoisotopic (exact) mass is 407 g/mol. The second-order valence-corrected chi connectivity index (χ2v) is 7.02. The van der Waals surface area contributed by atoms with E-state index in [1.54, 1.807) is 0 Å². The van der Waals surface area contributed by atoms with Gasteiger partial charge in [0.1, 0.15) is 12.4 Å². The summed E-state index contributed by atoms with van der Waals surface area (Å²) in [4.78, 5) is 3.11. The first-order valence-corrected chi connectivity index (χ1v) is 8.50. The SMILES string of the molecule is C=N/C(N)=C(\C=C(/C)c1cc([C@H]2[C@@H]3CNC[C@@H]32)n(CC(F)(F)F)n1)C(F)(F)F. The first kappa shape index (κ1) is 20.4. The van der Waals surface area contributed by atoms with E-state index < -0.39 is 30.3 Å². The Morgan fingerprint density at radius 1 is 1.32 bits per heavy atom. The topological polar surface area (TPSA) is 68.2 Å². The van der Waals surface area contributed by atoms with Crippen LogP contribution in [0.4, 0.5) is 26.3 Å². The van der Waals surface area contributed by atoms with Crippen molar-refractivity contribution in [1.29, 1.82) is 0 Å². The average molecular weight is 407 g/mol. The fraction of sp³-hybridized carbons (Fsp3) is 0.529.